The number of rotatable bonds is 2. The van der Waals surface area contributed by atoms with Gasteiger partial charge in [-0.25, -0.2) is 9.98 Å². The molecule has 1 unspecified atom stereocenters. The Labute approximate surface area is 91.6 Å². The van der Waals surface area contributed by atoms with E-state index in [4.69, 9.17) is 0 Å². The van der Waals surface area contributed by atoms with E-state index in [1.54, 1.807) is 6.20 Å². The number of carbonyl (C=O) groups excluding carboxylic acids is 1. The zero-order valence-corrected chi connectivity index (χ0v) is 9.34. The van der Waals surface area contributed by atoms with E-state index >= 15 is 0 Å². The van der Waals surface area contributed by atoms with Crippen molar-refractivity contribution >= 4 is 23.2 Å². The highest BCUT2D eigenvalue weighted by Gasteiger charge is 2.29. The SMILES string of the molecule is CC(C)NC1=NC(c2nccs2)C(=O)N1. The normalized spacial score (nSPS) is 20.3. The first-order valence-electron chi connectivity index (χ1n) is 4.71. The second-order valence-corrected chi connectivity index (χ2v) is 4.47. The summed E-state index contributed by atoms with van der Waals surface area (Å²) in [4.78, 5) is 19.9. The predicted molar refractivity (Wildman–Crippen MR) is 58.7 cm³/mol. The molecule has 15 heavy (non-hydrogen) atoms. The Hall–Kier alpha value is -1.43. The molecule has 80 valence electrons. The van der Waals surface area contributed by atoms with Gasteiger partial charge >= 0.3 is 0 Å². The van der Waals surface area contributed by atoms with Gasteiger partial charge in [-0.1, -0.05) is 0 Å². The maximum atomic E-state index is 11.6. The van der Waals surface area contributed by atoms with Crippen molar-refractivity contribution in [3.8, 4) is 0 Å². The number of guanidine groups is 1. The van der Waals surface area contributed by atoms with E-state index < -0.39 is 6.04 Å². The van der Waals surface area contributed by atoms with Crippen LogP contribution in [-0.4, -0.2) is 22.9 Å². The van der Waals surface area contributed by atoms with E-state index in [9.17, 15) is 4.79 Å². The summed E-state index contributed by atoms with van der Waals surface area (Å²) in [6.45, 7) is 3.98. The first kappa shape index (κ1) is 10.1. The molecule has 2 N–H and O–H groups in total. The second-order valence-electron chi connectivity index (χ2n) is 3.54. The topological polar surface area (TPSA) is 66.4 Å². The molecule has 0 fully saturated rings. The number of aliphatic imine (C=N–C) groups is 1. The monoisotopic (exact) mass is 224 g/mol. The minimum atomic E-state index is -0.480. The van der Waals surface area contributed by atoms with Crippen LogP contribution in [0, 0.1) is 0 Å². The van der Waals surface area contributed by atoms with Crippen LogP contribution in [0.15, 0.2) is 16.6 Å². The van der Waals surface area contributed by atoms with Gasteiger partial charge in [0, 0.05) is 17.6 Å². The maximum Gasteiger partial charge on any atom is 0.258 e. The first-order chi connectivity index (χ1) is 7.16. The van der Waals surface area contributed by atoms with Crippen molar-refractivity contribution in [3.63, 3.8) is 0 Å². The molecule has 1 aromatic heterocycles. The first-order valence-corrected chi connectivity index (χ1v) is 5.59. The van der Waals surface area contributed by atoms with E-state index in [1.807, 2.05) is 19.2 Å². The number of thiazole rings is 1. The molecule has 0 saturated carbocycles. The minimum absolute atomic E-state index is 0.117. The van der Waals surface area contributed by atoms with Crippen molar-refractivity contribution in [2.75, 3.05) is 0 Å². The van der Waals surface area contributed by atoms with Crippen LogP contribution in [0.5, 0.6) is 0 Å². The van der Waals surface area contributed by atoms with Gasteiger partial charge in [-0.2, -0.15) is 0 Å². The summed E-state index contributed by atoms with van der Waals surface area (Å²) in [5.41, 5.74) is 0. The van der Waals surface area contributed by atoms with Gasteiger partial charge in [-0.15, -0.1) is 11.3 Å². The van der Waals surface area contributed by atoms with Gasteiger partial charge in [-0.05, 0) is 13.8 Å². The average molecular weight is 224 g/mol. The highest BCUT2D eigenvalue weighted by molar-refractivity contribution is 7.09. The molecule has 0 aliphatic carbocycles. The highest BCUT2D eigenvalue weighted by atomic mass is 32.1. The van der Waals surface area contributed by atoms with E-state index in [-0.39, 0.29) is 11.9 Å². The quantitative estimate of drug-likeness (QED) is 0.776. The second kappa shape index (κ2) is 3.98. The standard InChI is InChI=1S/C9H12N4OS/c1-5(2)11-9-12-6(7(14)13-9)8-10-3-4-15-8/h3-6H,1-2H3,(H2,11,12,13,14). The Morgan fingerprint density at radius 3 is 3.00 bits per heavy atom. The van der Waals surface area contributed by atoms with Crippen molar-refractivity contribution in [2.24, 2.45) is 4.99 Å². The van der Waals surface area contributed by atoms with Gasteiger partial charge in [0.15, 0.2) is 12.0 Å². The molecule has 0 spiro atoms. The lowest BCUT2D eigenvalue weighted by atomic mass is 10.3. The van der Waals surface area contributed by atoms with Crippen LogP contribution in [0.25, 0.3) is 0 Å². The summed E-state index contributed by atoms with van der Waals surface area (Å²) in [7, 11) is 0. The van der Waals surface area contributed by atoms with Gasteiger partial charge in [0.05, 0.1) is 0 Å². The fourth-order valence-corrected chi connectivity index (χ4v) is 1.96. The molecular weight excluding hydrogens is 212 g/mol. The predicted octanol–water partition coefficient (Wildman–Crippen LogP) is 0.668. The van der Waals surface area contributed by atoms with Gasteiger partial charge in [0.25, 0.3) is 5.91 Å². The maximum absolute atomic E-state index is 11.6. The molecule has 0 radical (unpaired) electrons. The van der Waals surface area contributed by atoms with Crippen molar-refractivity contribution in [1.29, 1.82) is 0 Å². The molecule has 0 saturated heterocycles. The summed E-state index contributed by atoms with van der Waals surface area (Å²) in [5.74, 6) is 0.420. The van der Waals surface area contributed by atoms with Crippen LogP contribution in [0.2, 0.25) is 0 Å². The lowest BCUT2D eigenvalue weighted by Gasteiger charge is -2.07. The van der Waals surface area contributed by atoms with Crippen molar-refractivity contribution in [2.45, 2.75) is 25.9 Å². The summed E-state index contributed by atoms with van der Waals surface area (Å²) < 4.78 is 0. The van der Waals surface area contributed by atoms with E-state index in [2.05, 4.69) is 20.6 Å². The Morgan fingerprint density at radius 2 is 2.40 bits per heavy atom. The van der Waals surface area contributed by atoms with E-state index in [0.29, 0.717) is 5.96 Å². The minimum Gasteiger partial charge on any atom is -0.354 e. The number of hydrogen-bond donors (Lipinski definition) is 2. The molecular formula is C9H12N4OS. The van der Waals surface area contributed by atoms with Crippen molar-refractivity contribution in [3.05, 3.63) is 16.6 Å². The van der Waals surface area contributed by atoms with Crippen molar-refractivity contribution in [1.82, 2.24) is 15.6 Å². The largest absolute Gasteiger partial charge is 0.354 e. The van der Waals surface area contributed by atoms with E-state index in [0.717, 1.165) is 5.01 Å². The summed E-state index contributed by atoms with van der Waals surface area (Å²) >= 11 is 1.44. The third-order valence-corrected chi connectivity index (χ3v) is 2.69. The molecule has 1 aliphatic rings. The molecule has 0 aromatic carbocycles. The lowest BCUT2D eigenvalue weighted by Crippen LogP contribution is -2.40. The Bertz CT molecular complexity index is 385. The summed E-state index contributed by atoms with van der Waals surface area (Å²) in [6.07, 6.45) is 1.68. The van der Waals surface area contributed by atoms with Crippen LogP contribution in [0.1, 0.15) is 24.9 Å². The molecule has 1 atom stereocenters. The number of carbonyl (C=O) groups is 1. The van der Waals surface area contributed by atoms with Crippen LogP contribution in [0.3, 0.4) is 0 Å². The van der Waals surface area contributed by atoms with Gasteiger partial charge in [-0.3, -0.25) is 10.1 Å². The van der Waals surface area contributed by atoms with E-state index in [1.165, 1.54) is 11.3 Å². The van der Waals surface area contributed by atoms with Gasteiger partial charge in [0.2, 0.25) is 0 Å². The third-order valence-electron chi connectivity index (χ3n) is 1.86. The average Bonchev–Trinajstić information content (AvgIpc) is 2.72. The lowest BCUT2D eigenvalue weighted by molar-refractivity contribution is -0.120. The molecule has 1 amide bonds. The highest BCUT2D eigenvalue weighted by Crippen LogP contribution is 2.22. The van der Waals surface area contributed by atoms with Gasteiger partial charge < -0.3 is 5.32 Å². The zero-order chi connectivity index (χ0) is 10.8. The molecule has 1 aromatic rings. The van der Waals surface area contributed by atoms with Crippen LogP contribution in [-0.2, 0) is 4.79 Å². The molecule has 2 rings (SSSR count). The number of nitrogens with zero attached hydrogens (tertiary/aromatic N) is 2. The Morgan fingerprint density at radius 1 is 1.60 bits per heavy atom. The number of aromatic nitrogens is 1. The molecule has 1 aliphatic heterocycles. The van der Waals surface area contributed by atoms with Gasteiger partial charge in [0.1, 0.15) is 5.01 Å². The number of nitrogens with one attached hydrogen (secondary N) is 2. The number of hydrogen-bond acceptors (Lipinski definition) is 5. The summed E-state index contributed by atoms with van der Waals surface area (Å²) in [6, 6.07) is -0.231. The Kier molecular flexibility index (Phi) is 2.68. The fraction of sp³-hybridized carbons (Fsp3) is 0.444. The third kappa shape index (κ3) is 2.15. The molecule has 6 heteroatoms. The van der Waals surface area contributed by atoms with Crippen LogP contribution < -0.4 is 10.6 Å². The zero-order valence-electron chi connectivity index (χ0n) is 8.52. The van der Waals surface area contributed by atoms with Crippen molar-refractivity contribution < 1.29 is 4.79 Å². The van der Waals surface area contributed by atoms with Crippen LogP contribution >= 0.6 is 11.3 Å². The molecule has 0 bridgehead atoms. The summed E-state index contributed by atoms with van der Waals surface area (Å²) in [5, 5.41) is 8.32. The smallest absolute Gasteiger partial charge is 0.258 e. The number of amides is 1. The fourth-order valence-electron chi connectivity index (χ4n) is 1.29. The molecule has 2 heterocycles. The molecule has 5 nitrogen and oxygen atoms in total. The Balaban J connectivity index is 2.14. The van der Waals surface area contributed by atoms with Crippen LogP contribution in [0.4, 0.5) is 0 Å².